The van der Waals surface area contributed by atoms with Crippen LogP contribution in [0.25, 0.3) is 22.2 Å². The molecular weight excluding hydrogens is 378 g/mol. The van der Waals surface area contributed by atoms with E-state index in [0.717, 1.165) is 34.5 Å². The lowest BCUT2D eigenvalue weighted by Crippen LogP contribution is -2.13. The van der Waals surface area contributed by atoms with Gasteiger partial charge in [-0.3, -0.25) is 5.32 Å². The molecule has 0 radical (unpaired) electrons. The van der Waals surface area contributed by atoms with Crippen LogP contribution in [0.3, 0.4) is 0 Å². The van der Waals surface area contributed by atoms with Crippen molar-refractivity contribution in [2.45, 2.75) is 40.3 Å². The summed E-state index contributed by atoms with van der Waals surface area (Å²) in [5.41, 5.74) is 10.7. The summed E-state index contributed by atoms with van der Waals surface area (Å²) in [4.78, 5) is 11.9. The molecule has 0 atom stereocenters. The summed E-state index contributed by atoms with van der Waals surface area (Å²) >= 11 is 0. The van der Waals surface area contributed by atoms with Crippen LogP contribution in [0.15, 0.2) is 42.5 Å². The fourth-order valence-corrected chi connectivity index (χ4v) is 3.41. The summed E-state index contributed by atoms with van der Waals surface area (Å²) in [5.74, 6) is 6.19. The predicted molar refractivity (Wildman–Crippen MR) is 122 cm³/mol. The number of carbonyl (C=O) groups excluding carboxylic acids is 1. The number of anilines is 2. The predicted octanol–water partition coefficient (Wildman–Crippen LogP) is 5.27. The summed E-state index contributed by atoms with van der Waals surface area (Å²) in [6.45, 7) is 8.57. The van der Waals surface area contributed by atoms with Crippen molar-refractivity contribution in [3.63, 3.8) is 0 Å². The third-order valence-electron chi connectivity index (χ3n) is 4.60. The SMILES string of the molecule is CC#CCOC(=O)Nc1cccc(-c2c(N)c3ccc(OC(C)C)cc3n2CC)c1. The van der Waals surface area contributed by atoms with Crippen molar-refractivity contribution >= 4 is 28.4 Å². The first kappa shape index (κ1) is 21.1. The number of nitrogen functional groups attached to an aromatic ring is 1. The summed E-state index contributed by atoms with van der Waals surface area (Å²) in [6.07, 6.45) is -0.454. The number of fused-ring (bicyclic) bond motifs is 1. The first-order chi connectivity index (χ1) is 14.4. The molecule has 0 saturated heterocycles. The number of benzene rings is 2. The number of aromatic nitrogens is 1. The lowest BCUT2D eigenvalue weighted by Gasteiger charge is -2.12. The first-order valence-electron chi connectivity index (χ1n) is 9.96. The van der Waals surface area contributed by atoms with Gasteiger partial charge in [0, 0.05) is 29.2 Å². The van der Waals surface area contributed by atoms with E-state index < -0.39 is 6.09 Å². The van der Waals surface area contributed by atoms with Crippen molar-refractivity contribution < 1.29 is 14.3 Å². The van der Waals surface area contributed by atoms with Crippen molar-refractivity contribution in [3.05, 3.63) is 42.5 Å². The lowest BCUT2D eigenvalue weighted by atomic mass is 10.1. The minimum absolute atomic E-state index is 0.0554. The molecule has 3 rings (SSSR count). The minimum atomic E-state index is -0.547. The van der Waals surface area contributed by atoms with Gasteiger partial charge in [0.15, 0.2) is 6.61 Å². The highest BCUT2D eigenvalue weighted by Crippen LogP contribution is 2.38. The Hall–Kier alpha value is -3.59. The molecule has 6 nitrogen and oxygen atoms in total. The smallest absolute Gasteiger partial charge is 0.412 e. The van der Waals surface area contributed by atoms with Gasteiger partial charge in [0.1, 0.15) is 5.75 Å². The van der Waals surface area contributed by atoms with Crippen molar-refractivity contribution in [3.8, 4) is 28.8 Å². The minimum Gasteiger partial charge on any atom is -0.491 e. The molecule has 1 amide bonds. The molecular formula is C24H27N3O3. The van der Waals surface area contributed by atoms with E-state index in [-0.39, 0.29) is 12.7 Å². The molecule has 0 spiro atoms. The molecule has 6 heteroatoms. The van der Waals surface area contributed by atoms with Crippen LogP contribution in [0.4, 0.5) is 16.2 Å². The van der Waals surface area contributed by atoms with E-state index in [1.54, 1.807) is 13.0 Å². The van der Waals surface area contributed by atoms with Gasteiger partial charge in [0.2, 0.25) is 0 Å². The number of hydrogen-bond acceptors (Lipinski definition) is 4. The van der Waals surface area contributed by atoms with E-state index in [0.29, 0.717) is 11.4 Å². The molecule has 0 unspecified atom stereocenters. The quantitative estimate of drug-likeness (QED) is 0.548. The van der Waals surface area contributed by atoms with Crippen LogP contribution < -0.4 is 15.8 Å². The standard InChI is InChI=1S/C24H27N3O3/c1-5-7-13-29-24(28)26-18-10-8-9-17(14-18)23-22(25)20-12-11-19(30-16(3)4)15-21(20)27(23)6-2/h8-12,14-16H,6,13,25H2,1-4H3,(H,26,28). The summed E-state index contributed by atoms with van der Waals surface area (Å²) in [6, 6.07) is 13.5. The van der Waals surface area contributed by atoms with Gasteiger partial charge in [0.05, 0.1) is 23.0 Å². The number of rotatable bonds is 6. The van der Waals surface area contributed by atoms with E-state index in [9.17, 15) is 4.79 Å². The van der Waals surface area contributed by atoms with Gasteiger partial charge in [-0.15, -0.1) is 5.92 Å². The van der Waals surface area contributed by atoms with Crippen LogP contribution in [0.2, 0.25) is 0 Å². The molecule has 30 heavy (non-hydrogen) atoms. The van der Waals surface area contributed by atoms with Crippen molar-refractivity contribution in [2.24, 2.45) is 0 Å². The molecule has 0 fully saturated rings. The number of amides is 1. The second kappa shape index (κ2) is 9.27. The van der Waals surface area contributed by atoms with E-state index in [4.69, 9.17) is 15.2 Å². The van der Waals surface area contributed by atoms with E-state index in [2.05, 4.69) is 28.6 Å². The number of hydrogen-bond donors (Lipinski definition) is 2. The Kier molecular flexibility index (Phi) is 6.53. The molecule has 0 saturated carbocycles. The van der Waals surface area contributed by atoms with Crippen molar-refractivity contribution in [1.82, 2.24) is 4.57 Å². The van der Waals surface area contributed by atoms with E-state index in [1.807, 2.05) is 50.2 Å². The molecule has 1 heterocycles. The normalized spacial score (nSPS) is 10.6. The monoisotopic (exact) mass is 405 g/mol. The number of nitrogens with two attached hydrogens (primary N) is 1. The Bertz CT molecular complexity index is 1120. The van der Waals surface area contributed by atoms with Crippen LogP contribution in [-0.2, 0) is 11.3 Å². The van der Waals surface area contributed by atoms with E-state index >= 15 is 0 Å². The average Bonchev–Trinajstić information content (AvgIpc) is 2.99. The highest BCUT2D eigenvalue weighted by molar-refractivity contribution is 6.02. The Morgan fingerprint density at radius 3 is 2.73 bits per heavy atom. The highest BCUT2D eigenvalue weighted by Gasteiger charge is 2.17. The van der Waals surface area contributed by atoms with Crippen molar-refractivity contribution in [1.29, 1.82) is 0 Å². The molecule has 1 aromatic heterocycles. The van der Waals surface area contributed by atoms with Gasteiger partial charge in [-0.25, -0.2) is 4.79 Å². The van der Waals surface area contributed by atoms with Gasteiger partial charge in [-0.1, -0.05) is 18.1 Å². The van der Waals surface area contributed by atoms with Crippen LogP contribution in [0.1, 0.15) is 27.7 Å². The Balaban J connectivity index is 1.98. The number of ether oxygens (including phenoxy) is 2. The molecule has 3 N–H and O–H groups in total. The highest BCUT2D eigenvalue weighted by atomic mass is 16.5. The zero-order chi connectivity index (χ0) is 21.7. The molecule has 0 aliphatic carbocycles. The lowest BCUT2D eigenvalue weighted by molar-refractivity contribution is 0.176. The van der Waals surface area contributed by atoms with Crippen LogP contribution in [0.5, 0.6) is 5.75 Å². The van der Waals surface area contributed by atoms with Crippen LogP contribution >= 0.6 is 0 Å². The molecule has 0 bridgehead atoms. The van der Waals surface area contributed by atoms with Gasteiger partial charge >= 0.3 is 6.09 Å². The molecule has 3 aromatic rings. The third-order valence-corrected chi connectivity index (χ3v) is 4.60. The number of nitrogens with zero attached hydrogens (tertiary/aromatic N) is 1. The molecule has 0 aliphatic rings. The van der Waals surface area contributed by atoms with Gasteiger partial charge < -0.3 is 19.8 Å². The second-order valence-corrected chi connectivity index (χ2v) is 7.06. The summed E-state index contributed by atoms with van der Waals surface area (Å²) in [7, 11) is 0. The summed E-state index contributed by atoms with van der Waals surface area (Å²) in [5, 5.41) is 3.70. The zero-order valence-corrected chi connectivity index (χ0v) is 17.8. The molecule has 156 valence electrons. The van der Waals surface area contributed by atoms with Crippen molar-refractivity contribution in [2.75, 3.05) is 17.7 Å². The Morgan fingerprint density at radius 1 is 1.23 bits per heavy atom. The van der Waals surface area contributed by atoms with E-state index in [1.165, 1.54) is 0 Å². The maximum absolute atomic E-state index is 11.9. The maximum Gasteiger partial charge on any atom is 0.412 e. The van der Waals surface area contributed by atoms with Gasteiger partial charge in [-0.05, 0) is 52.0 Å². The van der Waals surface area contributed by atoms with Gasteiger partial charge in [-0.2, -0.15) is 0 Å². The van der Waals surface area contributed by atoms with Crippen LogP contribution in [-0.4, -0.2) is 23.4 Å². The molecule has 2 aromatic carbocycles. The number of aryl methyl sites for hydroxylation is 1. The molecule has 0 aliphatic heterocycles. The van der Waals surface area contributed by atoms with Crippen LogP contribution in [0, 0.1) is 11.8 Å². The second-order valence-electron chi connectivity index (χ2n) is 7.06. The average molecular weight is 405 g/mol. The topological polar surface area (TPSA) is 78.5 Å². The largest absolute Gasteiger partial charge is 0.491 e. The summed E-state index contributed by atoms with van der Waals surface area (Å²) < 4.78 is 13.0. The Labute approximate surface area is 177 Å². The zero-order valence-electron chi connectivity index (χ0n) is 17.8. The fraction of sp³-hybridized carbons (Fsp3) is 0.292. The number of nitrogens with one attached hydrogen (secondary N) is 1. The maximum atomic E-state index is 11.9. The first-order valence-corrected chi connectivity index (χ1v) is 9.96. The Morgan fingerprint density at radius 2 is 2.03 bits per heavy atom. The third kappa shape index (κ3) is 4.52. The number of carbonyl (C=O) groups is 1. The van der Waals surface area contributed by atoms with Gasteiger partial charge in [0.25, 0.3) is 0 Å². The fourth-order valence-electron chi connectivity index (χ4n) is 3.41.